The van der Waals surface area contributed by atoms with Crippen molar-refractivity contribution >= 4 is 33.2 Å². The van der Waals surface area contributed by atoms with E-state index >= 15 is 0 Å². The maximum Gasteiger partial charge on any atom is 0.254 e. The summed E-state index contributed by atoms with van der Waals surface area (Å²) >= 11 is 5.12. The lowest BCUT2D eigenvalue weighted by molar-refractivity contribution is 0.0718. The summed E-state index contributed by atoms with van der Waals surface area (Å²) in [5.74, 6) is 1.69. The molecule has 0 spiro atoms. The monoisotopic (exact) mass is 449 g/mol. The highest BCUT2D eigenvalue weighted by atomic mass is 79.9. The smallest absolute Gasteiger partial charge is 0.254 e. The van der Waals surface area contributed by atoms with Gasteiger partial charge in [-0.1, -0.05) is 0 Å². The largest absolute Gasteiger partial charge is 0.495 e. The highest BCUT2D eigenvalue weighted by Crippen LogP contribution is 2.36. The van der Waals surface area contributed by atoms with Gasteiger partial charge in [0, 0.05) is 15.3 Å². The summed E-state index contributed by atoms with van der Waals surface area (Å²) < 4.78 is 16.9. The van der Waals surface area contributed by atoms with Crippen molar-refractivity contribution in [3.05, 3.63) is 68.2 Å². The molecule has 0 aliphatic heterocycles. The molecule has 0 aliphatic rings. The Morgan fingerprint density at radius 2 is 1.85 bits per heavy atom. The van der Waals surface area contributed by atoms with Crippen molar-refractivity contribution in [3.63, 3.8) is 0 Å². The second kappa shape index (κ2) is 8.63. The number of hydrogen-bond acceptors (Lipinski definition) is 5. The Labute approximate surface area is 170 Å². The van der Waals surface area contributed by atoms with E-state index in [0.29, 0.717) is 34.6 Å². The Morgan fingerprint density at radius 3 is 2.37 bits per heavy atom. The average molecular weight is 450 g/mol. The molecule has 7 heteroatoms. The number of carbonyl (C=O) groups is 1. The van der Waals surface area contributed by atoms with Crippen LogP contribution in [0.3, 0.4) is 0 Å². The summed E-state index contributed by atoms with van der Waals surface area (Å²) in [5, 5.41) is 0. The van der Waals surface area contributed by atoms with E-state index < -0.39 is 0 Å². The molecule has 0 bridgehead atoms. The number of hydrogen-bond donors (Lipinski definition) is 0. The standard InChI is InChI=1S/C20H20BrNO4S/c1-13-6-7-16(27-13)12-22(11-15-5-4-8-26-15)20(23)14-9-17(24-2)19(21)18(10-14)25-3/h4-10H,11-12H2,1-3H3. The molecule has 1 amide bonds. The molecule has 5 nitrogen and oxygen atoms in total. The highest BCUT2D eigenvalue weighted by molar-refractivity contribution is 9.10. The third-order valence-corrected chi connectivity index (χ3v) is 5.82. The Bertz CT molecular complexity index is 895. The molecule has 27 heavy (non-hydrogen) atoms. The van der Waals surface area contributed by atoms with E-state index in [1.165, 1.54) is 4.88 Å². The van der Waals surface area contributed by atoms with Crippen LogP contribution in [-0.2, 0) is 13.1 Å². The molecule has 0 saturated carbocycles. The first-order valence-electron chi connectivity index (χ1n) is 8.30. The van der Waals surface area contributed by atoms with Crippen molar-refractivity contribution in [2.75, 3.05) is 14.2 Å². The van der Waals surface area contributed by atoms with E-state index in [1.54, 1.807) is 48.9 Å². The summed E-state index contributed by atoms with van der Waals surface area (Å²) in [4.78, 5) is 17.4. The molecular formula is C20H20BrNO4S. The minimum atomic E-state index is -0.124. The average Bonchev–Trinajstić information content (AvgIpc) is 3.32. The summed E-state index contributed by atoms with van der Waals surface area (Å²) in [6, 6.07) is 11.2. The van der Waals surface area contributed by atoms with Crippen LogP contribution in [0, 0.1) is 6.92 Å². The van der Waals surface area contributed by atoms with Crippen LogP contribution in [-0.4, -0.2) is 25.0 Å². The van der Waals surface area contributed by atoms with Crippen molar-refractivity contribution in [1.82, 2.24) is 4.90 Å². The summed E-state index contributed by atoms with van der Waals surface area (Å²) in [5.41, 5.74) is 0.492. The lowest BCUT2D eigenvalue weighted by atomic mass is 10.1. The maximum absolute atomic E-state index is 13.3. The lowest BCUT2D eigenvalue weighted by Gasteiger charge is -2.22. The van der Waals surface area contributed by atoms with Crippen LogP contribution in [0.1, 0.15) is 25.9 Å². The minimum absolute atomic E-state index is 0.124. The van der Waals surface area contributed by atoms with Gasteiger partial charge >= 0.3 is 0 Å². The summed E-state index contributed by atoms with van der Waals surface area (Å²) in [6.07, 6.45) is 1.61. The molecule has 3 rings (SSSR count). The zero-order valence-corrected chi connectivity index (χ0v) is 17.7. The van der Waals surface area contributed by atoms with E-state index in [0.717, 1.165) is 10.6 Å². The zero-order valence-electron chi connectivity index (χ0n) is 15.3. The van der Waals surface area contributed by atoms with Gasteiger partial charge in [0.05, 0.1) is 33.6 Å². The quantitative estimate of drug-likeness (QED) is 0.492. The molecule has 142 valence electrons. The number of halogens is 1. The van der Waals surface area contributed by atoms with Crippen LogP contribution in [0.25, 0.3) is 0 Å². The predicted octanol–water partition coefficient (Wildman–Crippen LogP) is 5.27. The molecule has 3 aromatic rings. The number of furan rings is 1. The van der Waals surface area contributed by atoms with E-state index in [1.807, 2.05) is 18.2 Å². The molecule has 0 N–H and O–H groups in total. The van der Waals surface area contributed by atoms with Crippen molar-refractivity contribution in [2.45, 2.75) is 20.0 Å². The third kappa shape index (κ3) is 4.54. The van der Waals surface area contributed by atoms with Crippen LogP contribution in [0.5, 0.6) is 11.5 Å². The molecule has 0 fully saturated rings. The van der Waals surface area contributed by atoms with Crippen LogP contribution in [0.15, 0.2) is 51.6 Å². The van der Waals surface area contributed by atoms with Gasteiger partial charge in [-0.2, -0.15) is 0 Å². The molecule has 0 atom stereocenters. The van der Waals surface area contributed by atoms with Crippen LogP contribution in [0.2, 0.25) is 0 Å². The first-order chi connectivity index (χ1) is 13.0. The SMILES string of the molecule is COc1cc(C(=O)N(Cc2ccco2)Cc2ccc(C)s2)cc(OC)c1Br. The Balaban J connectivity index is 1.94. The first kappa shape index (κ1) is 19.5. The summed E-state index contributed by atoms with van der Waals surface area (Å²) in [7, 11) is 3.12. The van der Waals surface area contributed by atoms with Gasteiger partial charge in [-0.05, 0) is 59.3 Å². The topological polar surface area (TPSA) is 51.9 Å². The number of amides is 1. The molecule has 0 radical (unpaired) electrons. The fraction of sp³-hybridized carbons (Fsp3) is 0.250. The van der Waals surface area contributed by atoms with Gasteiger partial charge < -0.3 is 18.8 Å². The predicted molar refractivity (Wildman–Crippen MR) is 109 cm³/mol. The first-order valence-corrected chi connectivity index (χ1v) is 9.91. The van der Waals surface area contributed by atoms with Gasteiger partial charge in [0.2, 0.25) is 0 Å². The van der Waals surface area contributed by atoms with E-state index in [2.05, 4.69) is 28.9 Å². The van der Waals surface area contributed by atoms with Gasteiger partial charge in [-0.3, -0.25) is 4.79 Å². The van der Waals surface area contributed by atoms with E-state index in [-0.39, 0.29) is 5.91 Å². The lowest BCUT2D eigenvalue weighted by Crippen LogP contribution is -2.29. The Morgan fingerprint density at radius 1 is 1.15 bits per heavy atom. The van der Waals surface area contributed by atoms with Crippen LogP contribution >= 0.6 is 27.3 Å². The van der Waals surface area contributed by atoms with Gasteiger partial charge in [-0.15, -0.1) is 11.3 Å². The molecule has 0 unspecified atom stereocenters. The van der Waals surface area contributed by atoms with Crippen molar-refractivity contribution in [1.29, 1.82) is 0 Å². The fourth-order valence-electron chi connectivity index (χ4n) is 2.72. The van der Waals surface area contributed by atoms with Gasteiger partial charge in [-0.25, -0.2) is 0 Å². The molecular weight excluding hydrogens is 430 g/mol. The second-order valence-electron chi connectivity index (χ2n) is 5.95. The normalized spacial score (nSPS) is 10.7. The number of thiophene rings is 1. The number of methoxy groups -OCH3 is 2. The zero-order chi connectivity index (χ0) is 19.4. The van der Waals surface area contributed by atoms with E-state index in [9.17, 15) is 4.79 Å². The summed E-state index contributed by atoms with van der Waals surface area (Å²) in [6.45, 7) is 2.93. The molecule has 1 aromatic carbocycles. The minimum Gasteiger partial charge on any atom is -0.495 e. The Kier molecular flexibility index (Phi) is 6.23. The van der Waals surface area contributed by atoms with Crippen LogP contribution < -0.4 is 9.47 Å². The number of rotatable bonds is 7. The molecule has 0 saturated heterocycles. The molecule has 2 heterocycles. The van der Waals surface area contributed by atoms with Crippen molar-refractivity contribution < 1.29 is 18.7 Å². The number of carbonyl (C=O) groups excluding carboxylic acids is 1. The number of benzene rings is 1. The third-order valence-electron chi connectivity index (χ3n) is 4.05. The number of nitrogens with zero attached hydrogens (tertiary/aromatic N) is 1. The van der Waals surface area contributed by atoms with Gasteiger partial charge in [0.1, 0.15) is 21.7 Å². The van der Waals surface area contributed by atoms with Crippen molar-refractivity contribution in [3.8, 4) is 11.5 Å². The van der Waals surface area contributed by atoms with Gasteiger partial charge in [0.25, 0.3) is 5.91 Å². The second-order valence-corrected chi connectivity index (χ2v) is 8.11. The number of ether oxygens (including phenoxy) is 2. The highest BCUT2D eigenvalue weighted by Gasteiger charge is 2.22. The van der Waals surface area contributed by atoms with Gasteiger partial charge in [0.15, 0.2) is 0 Å². The maximum atomic E-state index is 13.3. The molecule has 2 aromatic heterocycles. The van der Waals surface area contributed by atoms with Crippen LogP contribution in [0.4, 0.5) is 0 Å². The molecule has 0 aliphatic carbocycles. The fourth-order valence-corrected chi connectivity index (χ4v) is 4.18. The number of aryl methyl sites for hydroxylation is 1. The Hall–Kier alpha value is -2.25. The van der Waals surface area contributed by atoms with E-state index in [4.69, 9.17) is 13.9 Å². The van der Waals surface area contributed by atoms with Crippen molar-refractivity contribution in [2.24, 2.45) is 0 Å².